The Morgan fingerprint density at radius 2 is 2.06 bits per heavy atom. The second-order valence-electron chi connectivity index (χ2n) is 3.33. The maximum atomic E-state index is 11.7. The number of benzene rings is 1. The molecule has 0 bridgehead atoms. The van der Waals surface area contributed by atoms with Crippen LogP contribution in [0.1, 0.15) is 10.4 Å². The highest BCUT2D eigenvalue weighted by Gasteiger charge is 2.09. The molecule has 0 spiro atoms. The number of rotatable bonds is 6. The summed E-state index contributed by atoms with van der Waals surface area (Å²) in [6, 6.07) is 4.54. The Morgan fingerprint density at radius 1 is 1.33 bits per heavy atom. The Morgan fingerprint density at radius 3 is 2.67 bits per heavy atom. The van der Waals surface area contributed by atoms with Gasteiger partial charge in [-0.3, -0.25) is 4.79 Å². The molecule has 2 N–H and O–H groups in total. The van der Waals surface area contributed by atoms with Crippen molar-refractivity contribution >= 4 is 35.1 Å². The number of amides is 1. The zero-order valence-corrected chi connectivity index (χ0v) is 10.8. The standard InChI is InChI=1S/C11H11Cl2NO4/c12-7-1-2-8(9(13)5-7)11(17)14-3-4-18-6-10(15)16/h1-2,5H,3-4,6H2,(H,14,17)(H,15,16). The Labute approximate surface area is 114 Å². The third kappa shape index (κ3) is 4.91. The van der Waals surface area contributed by atoms with Gasteiger partial charge in [0, 0.05) is 11.6 Å². The molecule has 98 valence electrons. The quantitative estimate of drug-likeness (QED) is 0.784. The summed E-state index contributed by atoms with van der Waals surface area (Å²) >= 11 is 11.6. The van der Waals surface area contributed by atoms with Crippen molar-refractivity contribution < 1.29 is 19.4 Å². The van der Waals surface area contributed by atoms with Crippen molar-refractivity contribution in [2.45, 2.75) is 0 Å². The van der Waals surface area contributed by atoms with Gasteiger partial charge in [0.25, 0.3) is 5.91 Å². The van der Waals surface area contributed by atoms with E-state index >= 15 is 0 Å². The number of carbonyl (C=O) groups excluding carboxylic acids is 1. The van der Waals surface area contributed by atoms with Crippen LogP contribution in [-0.2, 0) is 9.53 Å². The molecule has 0 saturated heterocycles. The summed E-state index contributed by atoms with van der Waals surface area (Å²) in [7, 11) is 0. The highest BCUT2D eigenvalue weighted by Crippen LogP contribution is 2.20. The number of nitrogens with one attached hydrogen (secondary N) is 1. The van der Waals surface area contributed by atoms with E-state index < -0.39 is 12.6 Å². The number of hydrogen-bond donors (Lipinski definition) is 2. The van der Waals surface area contributed by atoms with Gasteiger partial charge in [-0.2, -0.15) is 0 Å². The summed E-state index contributed by atoms with van der Waals surface area (Å²) < 4.78 is 4.76. The molecule has 0 aliphatic heterocycles. The van der Waals surface area contributed by atoms with Gasteiger partial charge in [0.2, 0.25) is 0 Å². The van der Waals surface area contributed by atoms with E-state index in [2.05, 4.69) is 5.32 Å². The molecule has 0 aliphatic rings. The molecule has 1 aromatic rings. The average Bonchev–Trinajstić information content (AvgIpc) is 2.27. The lowest BCUT2D eigenvalue weighted by molar-refractivity contribution is -0.142. The van der Waals surface area contributed by atoms with Crippen LogP contribution in [0.4, 0.5) is 0 Å². The summed E-state index contributed by atoms with van der Waals surface area (Å²) in [5, 5.41) is 11.6. The first-order valence-corrected chi connectivity index (χ1v) is 5.79. The van der Waals surface area contributed by atoms with E-state index in [-0.39, 0.29) is 24.1 Å². The normalized spacial score (nSPS) is 10.1. The largest absolute Gasteiger partial charge is 0.480 e. The van der Waals surface area contributed by atoms with Gasteiger partial charge in [-0.15, -0.1) is 0 Å². The van der Waals surface area contributed by atoms with Crippen LogP contribution in [0.3, 0.4) is 0 Å². The number of carbonyl (C=O) groups is 2. The minimum Gasteiger partial charge on any atom is -0.480 e. The first-order valence-electron chi connectivity index (χ1n) is 5.03. The van der Waals surface area contributed by atoms with Crippen molar-refractivity contribution in [1.82, 2.24) is 5.32 Å². The predicted molar refractivity (Wildman–Crippen MR) is 67.3 cm³/mol. The molecular weight excluding hydrogens is 281 g/mol. The smallest absolute Gasteiger partial charge is 0.329 e. The molecule has 5 nitrogen and oxygen atoms in total. The zero-order valence-electron chi connectivity index (χ0n) is 9.28. The molecule has 0 fully saturated rings. The Bertz CT molecular complexity index is 451. The van der Waals surface area contributed by atoms with Crippen molar-refractivity contribution in [3.63, 3.8) is 0 Å². The molecule has 1 rings (SSSR count). The van der Waals surface area contributed by atoms with E-state index in [9.17, 15) is 9.59 Å². The maximum Gasteiger partial charge on any atom is 0.329 e. The van der Waals surface area contributed by atoms with Crippen LogP contribution in [-0.4, -0.2) is 36.7 Å². The highest BCUT2D eigenvalue weighted by molar-refractivity contribution is 6.36. The molecule has 0 saturated carbocycles. The van der Waals surface area contributed by atoms with Gasteiger partial charge >= 0.3 is 5.97 Å². The Balaban J connectivity index is 2.39. The van der Waals surface area contributed by atoms with Crippen molar-refractivity contribution in [1.29, 1.82) is 0 Å². The van der Waals surface area contributed by atoms with Gasteiger partial charge in [-0.25, -0.2) is 4.79 Å². The number of aliphatic carboxylic acids is 1. The summed E-state index contributed by atoms with van der Waals surface area (Å²) in [4.78, 5) is 21.8. The second kappa shape index (κ2) is 7.20. The van der Waals surface area contributed by atoms with Crippen molar-refractivity contribution in [2.75, 3.05) is 19.8 Å². The fourth-order valence-electron chi connectivity index (χ4n) is 1.17. The third-order valence-electron chi connectivity index (χ3n) is 1.93. The lowest BCUT2D eigenvalue weighted by Crippen LogP contribution is -2.28. The summed E-state index contributed by atoms with van der Waals surface area (Å²) in [5.41, 5.74) is 0.305. The van der Waals surface area contributed by atoms with E-state index in [1.165, 1.54) is 12.1 Å². The van der Waals surface area contributed by atoms with E-state index in [1.807, 2.05) is 0 Å². The molecule has 1 aromatic carbocycles. The lowest BCUT2D eigenvalue weighted by atomic mass is 10.2. The molecule has 18 heavy (non-hydrogen) atoms. The van der Waals surface area contributed by atoms with Gasteiger partial charge in [0.1, 0.15) is 6.61 Å². The summed E-state index contributed by atoms with van der Waals surface area (Å²) in [6.45, 7) is -0.0775. The van der Waals surface area contributed by atoms with Crippen LogP contribution in [0.5, 0.6) is 0 Å². The summed E-state index contributed by atoms with van der Waals surface area (Å²) in [5.74, 6) is -1.42. The van der Waals surface area contributed by atoms with Crippen LogP contribution in [0.15, 0.2) is 18.2 Å². The van der Waals surface area contributed by atoms with Gasteiger partial charge in [-0.05, 0) is 18.2 Å². The molecule has 0 aliphatic carbocycles. The van der Waals surface area contributed by atoms with Crippen molar-refractivity contribution in [3.05, 3.63) is 33.8 Å². The van der Waals surface area contributed by atoms with Gasteiger partial charge in [0.15, 0.2) is 0 Å². The van der Waals surface area contributed by atoms with Crippen LogP contribution < -0.4 is 5.32 Å². The predicted octanol–water partition coefficient (Wildman–Crippen LogP) is 1.82. The molecule has 0 aromatic heterocycles. The Hall–Kier alpha value is -1.30. The topological polar surface area (TPSA) is 75.6 Å². The average molecular weight is 292 g/mol. The number of hydrogen-bond acceptors (Lipinski definition) is 3. The Kier molecular flexibility index (Phi) is 5.91. The first-order chi connectivity index (χ1) is 8.50. The van der Waals surface area contributed by atoms with E-state index in [4.69, 9.17) is 33.0 Å². The SMILES string of the molecule is O=C(O)COCCNC(=O)c1ccc(Cl)cc1Cl. The fourth-order valence-corrected chi connectivity index (χ4v) is 1.66. The monoisotopic (exact) mass is 291 g/mol. The zero-order chi connectivity index (χ0) is 13.5. The minimum absolute atomic E-state index is 0.114. The van der Waals surface area contributed by atoms with E-state index in [0.29, 0.717) is 10.6 Å². The third-order valence-corrected chi connectivity index (χ3v) is 2.48. The lowest BCUT2D eigenvalue weighted by Gasteiger charge is -2.07. The second-order valence-corrected chi connectivity index (χ2v) is 4.17. The van der Waals surface area contributed by atoms with Crippen LogP contribution in [0, 0.1) is 0 Å². The van der Waals surface area contributed by atoms with Crippen molar-refractivity contribution in [2.24, 2.45) is 0 Å². The molecule has 7 heteroatoms. The molecule has 0 atom stereocenters. The minimum atomic E-state index is -1.05. The molecule has 0 heterocycles. The maximum absolute atomic E-state index is 11.7. The van der Waals surface area contributed by atoms with Crippen LogP contribution in [0.25, 0.3) is 0 Å². The van der Waals surface area contributed by atoms with Crippen molar-refractivity contribution in [3.8, 4) is 0 Å². The van der Waals surface area contributed by atoms with Gasteiger partial charge in [-0.1, -0.05) is 23.2 Å². The van der Waals surface area contributed by atoms with Gasteiger partial charge < -0.3 is 15.2 Å². The van der Waals surface area contributed by atoms with E-state index in [1.54, 1.807) is 6.07 Å². The summed E-state index contributed by atoms with van der Waals surface area (Å²) in [6.07, 6.45) is 0. The van der Waals surface area contributed by atoms with Crippen LogP contribution >= 0.6 is 23.2 Å². The van der Waals surface area contributed by atoms with E-state index in [0.717, 1.165) is 0 Å². The fraction of sp³-hybridized carbons (Fsp3) is 0.273. The molecule has 0 radical (unpaired) electrons. The number of carboxylic acid groups (broad SMARTS) is 1. The van der Waals surface area contributed by atoms with Gasteiger partial charge in [0.05, 0.1) is 17.2 Å². The molecular formula is C11H11Cl2NO4. The van der Waals surface area contributed by atoms with Crippen LogP contribution in [0.2, 0.25) is 10.0 Å². The molecule has 1 amide bonds. The number of carboxylic acids is 1. The first kappa shape index (κ1) is 14.8. The highest BCUT2D eigenvalue weighted by atomic mass is 35.5. The number of halogens is 2. The number of ether oxygens (including phenoxy) is 1. The molecule has 0 unspecified atom stereocenters.